The van der Waals surface area contributed by atoms with Crippen LogP contribution in [0.15, 0.2) is 11.6 Å². The van der Waals surface area contributed by atoms with E-state index in [-0.39, 0.29) is 23.5 Å². The molecule has 0 heterocycles. The molecule has 4 aliphatic rings. The summed E-state index contributed by atoms with van der Waals surface area (Å²) in [5.41, 5.74) is 2.35. The van der Waals surface area contributed by atoms with Crippen molar-refractivity contribution < 1.29 is 28.5 Å². The minimum atomic E-state index is -0.302. The summed E-state index contributed by atoms with van der Waals surface area (Å²) >= 11 is 0. The Morgan fingerprint density at radius 3 is 2.31 bits per heavy atom. The van der Waals surface area contributed by atoms with Crippen LogP contribution >= 0.6 is 0 Å². The Balaban J connectivity index is 1.08. The Hall–Kier alpha value is -1.64. The highest BCUT2D eigenvalue weighted by atomic mass is 16.6. The topological polar surface area (TPSA) is 95.1 Å². The molecule has 0 saturated heterocycles. The number of hydrogen-bond acceptors (Lipinski definition) is 6. The Labute approximate surface area is 299 Å². The lowest BCUT2D eigenvalue weighted by Crippen LogP contribution is -2.51. The molecule has 282 valence electrons. The van der Waals surface area contributed by atoms with Gasteiger partial charge in [-0.25, -0.2) is 4.79 Å². The summed E-state index contributed by atoms with van der Waals surface area (Å²) in [4.78, 5) is 24.0. The molecule has 4 rings (SSSR count). The molecule has 3 saturated carbocycles. The molecule has 2 N–H and O–H groups in total. The van der Waals surface area contributed by atoms with Gasteiger partial charge in [0.1, 0.15) is 6.10 Å². The molecule has 0 aromatic heterocycles. The smallest absolute Gasteiger partial charge is 0.407 e. The van der Waals surface area contributed by atoms with Gasteiger partial charge >= 0.3 is 6.09 Å². The average molecular weight is 689 g/mol. The Morgan fingerprint density at radius 2 is 1.57 bits per heavy atom. The lowest BCUT2D eigenvalue weighted by molar-refractivity contribution is -0.121. The van der Waals surface area contributed by atoms with Gasteiger partial charge in [0.15, 0.2) is 0 Å². The normalized spacial score (nSPS) is 31.3. The van der Waals surface area contributed by atoms with Crippen LogP contribution in [0.25, 0.3) is 0 Å². The van der Waals surface area contributed by atoms with Crippen molar-refractivity contribution in [1.29, 1.82) is 0 Å². The predicted molar refractivity (Wildman–Crippen MR) is 196 cm³/mol. The number of amides is 2. The van der Waals surface area contributed by atoms with Crippen LogP contribution in [0.3, 0.4) is 0 Å². The lowest BCUT2D eigenvalue weighted by atomic mass is 9.47. The van der Waals surface area contributed by atoms with Crippen LogP contribution in [0.1, 0.15) is 131 Å². The second-order valence-electron chi connectivity index (χ2n) is 16.8. The van der Waals surface area contributed by atoms with E-state index in [0.717, 1.165) is 67.6 Å². The maximum atomic E-state index is 12.6. The summed E-state index contributed by atoms with van der Waals surface area (Å²) in [6.07, 6.45) is 18.4. The minimum absolute atomic E-state index is 0.0236. The molecule has 0 spiro atoms. The molecule has 0 aromatic carbocycles. The first-order valence-corrected chi connectivity index (χ1v) is 20.2. The van der Waals surface area contributed by atoms with E-state index >= 15 is 0 Å². The van der Waals surface area contributed by atoms with Gasteiger partial charge in [0.25, 0.3) is 0 Å². The van der Waals surface area contributed by atoms with Gasteiger partial charge in [-0.1, -0.05) is 72.5 Å². The third kappa shape index (κ3) is 11.2. The van der Waals surface area contributed by atoms with E-state index in [1.807, 2.05) is 6.92 Å². The summed E-state index contributed by atoms with van der Waals surface area (Å²) in [5.74, 6) is 5.11. The van der Waals surface area contributed by atoms with Crippen LogP contribution in [-0.2, 0) is 23.7 Å². The second kappa shape index (κ2) is 19.8. The quantitative estimate of drug-likeness (QED) is 0.0928. The van der Waals surface area contributed by atoms with Crippen molar-refractivity contribution in [2.75, 3.05) is 52.7 Å². The van der Waals surface area contributed by atoms with Crippen LogP contribution in [0, 0.1) is 46.3 Å². The van der Waals surface area contributed by atoms with Crippen LogP contribution in [0.4, 0.5) is 4.79 Å². The van der Waals surface area contributed by atoms with Crippen molar-refractivity contribution in [2.24, 2.45) is 46.3 Å². The van der Waals surface area contributed by atoms with Crippen molar-refractivity contribution in [3.05, 3.63) is 11.6 Å². The number of hydrogen-bond donors (Lipinski definition) is 2. The molecular weight excluding hydrogens is 616 g/mol. The van der Waals surface area contributed by atoms with Gasteiger partial charge in [0, 0.05) is 32.5 Å². The number of allylic oxidation sites excluding steroid dienone is 1. The van der Waals surface area contributed by atoms with E-state index in [2.05, 4.69) is 51.3 Å². The maximum absolute atomic E-state index is 12.6. The molecule has 0 aromatic rings. The van der Waals surface area contributed by atoms with E-state index in [1.165, 1.54) is 51.4 Å². The average Bonchev–Trinajstić information content (AvgIpc) is 3.42. The van der Waals surface area contributed by atoms with Crippen LogP contribution < -0.4 is 10.6 Å². The van der Waals surface area contributed by atoms with E-state index in [9.17, 15) is 9.59 Å². The van der Waals surface area contributed by atoms with Gasteiger partial charge in [-0.3, -0.25) is 4.79 Å². The molecule has 1 unspecified atom stereocenters. The standard InChI is InChI=1S/C41H72N2O6/c1-7-10-38(44)42-22-24-47-26-28-48-27-25-46-23-9-21-43-39(45)49-33-17-19-40(5)32(29-33)13-14-34-36-16-15-35(31(4)12-8-11-30(2)3)41(36,6)20-18-37(34)40/h13,30-31,33-37H,7-12,14-29H2,1-6H3,(H,42,44)(H,43,45)/t31-,33?,34+,35-,36+,37+,40+,41-/m1/s1. The molecule has 4 aliphatic carbocycles. The van der Waals surface area contributed by atoms with Crippen molar-refractivity contribution in [3.8, 4) is 0 Å². The highest BCUT2D eigenvalue weighted by Crippen LogP contribution is 2.67. The molecule has 8 heteroatoms. The third-order valence-corrected chi connectivity index (χ3v) is 13.1. The number of rotatable bonds is 21. The summed E-state index contributed by atoms with van der Waals surface area (Å²) < 4.78 is 22.6. The summed E-state index contributed by atoms with van der Waals surface area (Å²) in [7, 11) is 0. The van der Waals surface area contributed by atoms with Crippen molar-refractivity contribution in [2.45, 2.75) is 138 Å². The molecule has 0 radical (unpaired) electrons. The van der Waals surface area contributed by atoms with Gasteiger partial charge in [-0.15, -0.1) is 0 Å². The van der Waals surface area contributed by atoms with Gasteiger partial charge in [-0.2, -0.15) is 0 Å². The first-order chi connectivity index (χ1) is 23.6. The monoisotopic (exact) mass is 689 g/mol. The maximum Gasteiger partial charge on any atom is 0.407 e. The highest BCUT2D eigenvalue weighted by Gasteiger charge is 2.59. The van der Waals surface area contributed by atoms with Crippen LogP contribution in [0.2, 0.25) is 0 Å². The number of ether oxygens (including phenoxy) is 4. The first kappa shape index (κ1) is 40.1. The zero-order valence-electron chi connectivity index (χ0n) is 32.1. The highest BCUT2D eigenvalue weighted by molar-refractivity contribution is 5.75. The largest absolute Gasteiger partial charge is 0.446 e. The number of alkyl carbamates (subject to hydrolysis) is 1. The summed E-state index contributed by atoms with van der Waals surface area (Å²) in [6.45, 7) is 18.6. The number of carbonyl (C=O) groups is 2. The van der Waals surface area contributed by atoms with Crippen molar-refractivity contribution in [3.63, 3.8) is 0 Å². The zero-order valence-corrected chi connectivity index (χ0v) is 32.1. The second-order valence-corrected chi connectivity index (χ2v) is 16.8. The minimum Gasteiger partial charge on any atom is -0.446 e. The fourth-order valence-electron chi connectivity index (χ4n) is 10.4. The predicted octanol–water partition coefficient (Wildman–Crippen LogP) is 8.48. The van der Waals surface area contributed by atoms with Crippen LogP contribution in [-0.4, -0.2) is 70.8 Å². The third-order valence-electron chi connectivity index (χ3n) is 13.1. The molecular formula is C41H72N2O6. The van der Waals surface area contributed by atoms with E-state index in [1.54, 1.807) is 5.57 Å². The van der Waals surface area contributed by atoms with Crippen molar-refractivity contribution in [1.82, 2.24) is 10.6 Å². The Kier molecular flexibility index (Phi) is 16.2. The number of nitrogens with one attached hydrogen (secondary N) is 2. The molecule has 49 heavy (non-hydrogen) atoms. The van der Waals surface area contributed by atoms with Gasteiger partial charge in [-0.05, 0) is 104 Å². The molecule has 8 atom stereocenters. The van der Waals surface area contributed by atoms with Crippen LogP contribution in [0.5, 0.6) is 0 Å². The SMILES string of the molecule is CCCC(=O)NCCOCCOCCOCCCNC(=O)OC1CC[C@@]2(C)C(=CC[C@H]3[C@@H]4CC[C@H]([C@H](C)CCCC(C)C)[C@@]4(C)CC[C@@H]32)C1. The molecule has 2 amide bonds. The molecule has 3 fully saturated rings. The zero-order chi connectivity index (χ0) is 35.3. The van der Waals surface area contributed by atoms with Gasteiger partial charge in [0.2, 0.25) is 5.91 Å². The van der Waals surface area contributed by atoms with E-state index in [0.29, 0.717) is 64.6 Å². The molecule has 0 bridgehead atoms. The van der Waals surface area contributed by atoms with E-state index in [4.69, 9.17) is 18.9 Å². The number of carbonyl (C=O) groups excluding carboxylic acids is 2. The fourth-order valence-corrected chi connectivity index (χ4v) is 10.4. The lowest BCUT2D eigenvalue weighted by Gasteiger charge is -2.58. The Bertz CT molecular complexity index is 1050. The molecule has 8 nitrogen and oxygen atoms in total. The first-order valence-electron chi connectivity index (χ1n) is 20.2. The fraction of sp³-hybridized carbons (Fsp3) is 0.902. The molecule has 0 aliphatic heterocycles. The summed E-state index contributed by atoms with van der Waals surface area (Å²) in [6, 6.07) is 0. The van der Waals surface area contributed by atoms with Gasteiger partial charge in [0.05, 0.1) is 33.0 Å². The van der Waals surface area contributed by atoms with Gasteiger partial charge < -0.3 is 29.6 Å². The Morgan fingerprint density at radius 1 is 0.837 bits per heavy atom. The van der Waals surface area contributed by atoms with Crippen molar-refractivity contribution >= 4 is 12.0 Å². The van der Waals surface area contributed by atoms with E-state index < -0.39 is 0 Å². The summed E-state index contributed by atoms with van der Waals surface area (Å²) in [5, 5.41) is 5.75. The number of fused-ring (bicyclic) bond motifs is 5.